The van der Waals surface area contributed by atoms with Gasteiger partial charge in [-0.25, -0.2) is 4.79 Å². The van der Waals surface area contributed by atoms with Gasteiger partial charge in [0.25, 0.3) is 0 Å². The first-order chi connectivity index (χ1) is 15.0. The topological polar surface area (TPSA) is 90.9 Å². The number of carbonyl (C=O) groups is 3. The van der Waals surface area contributed by atoms with Gasteiger partial charge in [0.1, 0.15) is 12.4 Å². The lowest BCUT2D eigenvalue weighted by atomic mass is 10.1. The molecule has 7 heteroatoms. The van der Waals surface area contributed by atoms with Crippen LogP contribution in [0.4, 0.5) is 5.69 Å². The van der Waals surface area contributed by atoms with Crippen LogP contribution in [0.1, 0.15) is 53.3 Å². The molecule has 0 saturated carbocycles. The van der Waals surface area contributed by atoms with E-state index in [1.165, 1.54) is 0 Å². The van der Waals surface area contributed by atoms with Crippen LogP contribution in [0, 0.1) is 0 Å². The first-order valence-corrected chi connectivity index (χ1v) is 10.5. The van der Waals surface area contributed by atoms with Crippen LogP contribution in [0.5, 0.6) is 5.75 Å². The molecule has 0 radical (unpaired) electrons. The second kappa shape index (κ2) is 11.3. The fourth-order valence-electron chi connectivity index (χ4n) is 3.14. The predicted octanol–water partition coefficient (Wildman–Crippen LogP) is 4.02. The highest BCUT2D eigenvalue weighted by Gasteiger charge is 2.16. The van der Waals surface area contributed by atoms with Crippen molar-refractivity contribution < 1.29 is 28.6 Å². The zero-order valence-corrected chi connectivity index (χ0v) is 17.6. The highest BCUT2D eigenvalue weighted by molar-refractivity contribution is 6.00. The van der Waals surface area contributed by atoms with Crippen LogP contribution < -0.4 is 10.1 Å². The molecule has 1 aliphatic rings. The van der Waals surface area contributed by atoms with Gasteiger partial charge in [0.2, 0.25) is 5.91 Å². The number of hydrogen-bond acceptors (Lipinski definition) is 6. The Labute approximate surface area is 181 Å². The number of carbonyl (C=O) groups excluding carboxylic acids is 3. The Hall–Kier alpha value is -3.19. The van der Waals surface area contributed by atoms with Crippen LogP contribution in [-0.4, -0.2) is 43.6 Å². The van der Waals surface area contributed by atoms with Gasteiger partial charge >= 0.3 is 5.97 Å². The van der Waals surface area contributed by atoms with Crippen molar-refractivity contribution >= 4 is 23.3 Å². The smallest absolute Gasteiger partial charge is 0.338 e. The highest BCUT2D eigenvalue weighted by atomic mass is 16.5. The Morgan fingerprint density at radius 3 is 2.39 bits per heavy atom. The summed E-state index contributed by atoms with van der Waals surface area (Å²) in [6.45, 7) is 2.83. The summed E-state index contributed by atoms with van der Waals surface area (Å²) >= 11 is 0. The molecular formula is C24H27NO6. The lowest BCUT2D eigenvalue weighted by Crippen LogP contribution is -2.16. The van der Waals surface area contributed by atoms with Gasteiger partial charge in [0.05, 0.1) is 11.7 Å². The van der Waals surface area contributed by atoms with Crippen molar-refractivity contribution in [2.75, 3.05) is 25.1 Å². The number of hydrogen-bond donors (Lipinski definition) is 1. The van der Waals surface area contributed by atoms with Gasteiger partial charge in [-0.2, -0.15) is 0 Å². The zero-order chi connectivity index (χ0) is 22.1. The van der Waals surface area contributed by atoms with Crippen LogP contribution in [-0.2, 0) is 14.3 Å². The molecule has 1 amide bonds. The molecule has 2 aromatic rings. The van der Waals surface area contributed by atoms with E-state index in [-0.39, 0.29) is 24.4 Å². The molecule has 1 N–H and O–H groups in total. The molecular weight excluding hydrogens is 398 g/mol. The van der Waals surface area contributed by atoms with E-state index in [2.05, 4.69) is 5.32 Å². The minimum Gasteiger partial charge on any atom is -0.491 e. The number of anilines is 1. The third kappa shape index (κ3) is 6.93. The number of esters is 1. The first-order valence-electron chi connectivity index (χ1n) is 10.5. The van der Waals surface area contributed by atoms with E-state index >= 15 is 0 Å². The summed E-state index contributed by atoms with van der Waals surface area (Å²) in [6.07, 6.45) is 3.38. The Bertz CT molecular complexity index is 885. The number of benzene rings is 2. The molecule has 1 aliphatic heterocycles. The normalized spacial score (nSPS) is 15.3. The van der Waals surface area contributed by atoms with Crippen LogP contribution in [0.15, 0.2) is 48.5 Å². The van der Waals surface area contributed by atoms with Crippen molar-refractivity contribution in [2.24, 2.45) is 0 Å². The Morgan fingerprint density at radius 1 is 1.03 bits per heavy atom. The van der Waals surface area contributed by atoms with Crippen molar-refractivity contribution in [3.8, 4) is 5.75 Å². The number of ketones is 1. The van der Waals surface area contributed by atoms with Crippen molar-refractivity contribution in [1.29, 1.82) is 0 Å². The number of nitrogens with one attached hydrogen (secondary N) is 1. The van der Waals surface area contributed by atoms with E-state index in [9.17, 15) is 14.4 Å². The van der Waals surface area contributed by atoms with Crippen molar-refractivity contribution in [3.05, 3.63) is 59.7 Å². The minimum atomic E-state index is -0.581. The summed E-state index contributed by atoms with van der Waals surface area (Å²) in [5, 5.41) is 2.76. The summed E-state index contributed by atoms with van der Waals surface area (Å²) in [4.78, 5) is 36.1. The maximum absolute atomic E-state index is 12.3. The minimum absolute atomic E-state index is 0.0706. The average molecular weight is 425 g/mol. The molecule has 7 nitrogen and oxygen atoms in total. The number of amides is 1. The summed E-state index contributed by atoms with van der Waals surface area (Å²) in [5.74, 6) is -0.327. The van der Waals surface area contributed by atoms with Gasteiger partial charge < -0.3 is 19.5 Å². The molecule has 31 heavy (non-hydrogen) atoms. The van der Waals surface area contributed by atoms with Gasteiger partial charge in [-0.05, 0) is 67.8 Å². The second-order valence-corrected chi connectivity index (χ2v) is 7.35. The van der Waals surface area contributed by atoms with Crippen molar-refractivity contribution in [1.82, 2.24) is 0 Å². The third-order valence-corrected chi connectivity index (χ3v) is 4.85. The maximum Gasteiger partial charge on any atom is 0.338 e. The zero-order valence-electron chi connectivity index (χ0n) is 17.6. The molecule has 0 unspecified atom stereocenters. The molecule has 2 aromatic carbocycles. The monoisotopic (exact) mass is 425 g/mol. The van der Waals surface area contributed by atoms with Gasteiger partial charge in [0, 0.05) is 24.3 Å². The highest BCUT2D eigenvalue weighted by Crippen LogP contribution is 2.17. The molecule has 0 aliphatic carbocycles. The number of ether oxygens (including phenoxy) is 3. The average Bonchev–Trinajstić information content (AvgIpc) is 3.30. The van der Waals surface area contributed by atoms with E-state index in [0.717, 1.165) is 25.9 Å². The van der Waals surface area contributed by atoms with Crippen LogP contribution in [0.2, 0.25) is 0 Å². The predicted molar refractivity (Wildman–Crippen MR) is 116 cm³/mol. The quantitative estimate of drug-likeness (QED) is 0.457. The van der Waals surface area contributed by atoms with Crippen molar-refractivity contribution in [2.45, 2.75) is 38.7 Å². The van der Waals surface area contributed by atoms with E-state index in [1.807, 2.05) is 6.92 Å². The summed E-state index contributed by atoms with van der Waals surface area (Å²) < 4.78 is 16.3. The van der Waals surface area contributed by atoms with Crippen LogP contribution in [0.25, 0.3) is 0 Å². The second-order valence-electron chi connectivity index (χ2n) is 7.35. The van der Waals surface area contributed by atoms with E-state index in [1.54, 1.807) is 48.5 Å². The lowest BCUT2D eigenvalue weighted by Gasteiger charge is -2.11. The molecule has 1 heterocycles. The largest absolute Gasteiger partial charge is 0.491 e. The molecule has 0 spiro atoms. The fourth-order valence-corrected chi connectivity index (χ4v) is 3.14. The van der Waals surface area contributed by atoms with Gasteiger partial charge in [0.15, 0.2) is 12.4 Å². The Morgan fingerprint density at radius 2 is 1.74 bits per heavy atom. The molecule has 1 atom stereocenters. The summed E-state index contributed by atoms with van der Waals surface area (Å²) in [5.41, 5.74) is 1.36. The standard InChI is InChI=1S/C24H27NO6/c1-2-4-23(27)25-19-10-6-17(7-11-19)22(26)16-31-24(28)18-8-12-20(13-9-18)30-15-21-5-3-14-29-21/h6-13,21H,2-5,14-16H2,1H3,(H,25,27)/t21-/m1/s1. The Kier molecular flexibility index (Phi) is 8.18. The van der Waals surface area contributed by atoms with Gasteiger partial charge in [-0.15, -0.1) is 0 Å². The van der Waals surface area contributed by atoms with E-state index in [4.69, 9.17) is 14.2 Å². The third-order valence-electron chi connectivity index (χ3n) is 4.85. The fraction of sp³-hybridized carbons (Fsp3) is 0.375. The molecule has 1 fully saturated rings. The summed E-state index contributed by atoms with van der Waals surface area (Å²) in [7, 11) is 0. The van der Waals surface area contributed by atoms with Crippen LogP contribution >= 0.6 is 0 Å². The van der Waals surface area contributed by atoms with E-state index in [0.29, 0.717) is 35.6 Å². The Balaban J connectivity index is 1.45. The maximum atomic E-state index is 12.3. The van der Waals surface area contributed by atoms with Crippen molar-refractivity contribution in [3.63, 3.8) is 0 Å². The molecule has 0 aromatic heterocycles. The van der Waals surface area contributed by atoms with Crippen LogP contribution in [0.3, 0.4) is 0 Å². The lowest BCUT2D eigenvalue weighted by molar-refractivity contribution is -0.116. The summed E-state index contributed by atoms with van der Waals surface area (Å²) in [6, 6.07) is 13.1. The van der Waals surface area contributed by atoms with Gasteiger partial charge in [-0.3, -0.25) is 9.59 Å². The molecule has 164 valence electrons. The van der Waals surface area contributed by atoms with Gasteiger partial charge in [-0.1, -0.05) is 6.92 Å². The molecule has 1 saturated heterocycles. The number of rotatable bonds is 10. The number of Topliss-reactive ketones (excluding diaryl/α,β-unsaturated/α-hetero) is 1. The SMILES string of the molecule is CCCC(=O)Nc1ccc(C(=O)COC(=O)c2ccc(OC[C@H]3CCCO3)cc2)cc1. The van der Waals surface area contributed by atoms with E-state index < -0.39 is 5.97 Å². The first kappa shape index (κ1) is 22.5. The molecule has 0 bridgehead atoms. The molecule has 3 rings (SSSR count).